The number of likely N-dealkylation sites (tertiary alicyclic amines) is 1. The summed E-state index contributed by atoms with van der Waals surface area (Å²) in [5.74, 6) is -1.89. The summed E-state index contributed by atoms with van der Waals surface area (Å²) in [6.07, 6.45) is 2.31. The van der Waals surface area contributed by atoms with Gasteiger partial charge in [-0.25, -0.2) is 4.79 Å². The number of nitrogens with one attached hydrogen (secondary N) is 2. The van der Waals surface area contributed by atoms with Gasteiger partial charge in [-0.05, 0) is 59.4 Å². The predicted molar refractivity (Wildman–Crippen MR) is 111 cm³/mol. The predicted octanol–water partition coefficient (Wildman–Crippen LogP) is 0.838. The van der Waals surface area contributed by atoms with Crippen molar-refractivity contribution in [1.82, 2.24) is 15.5 Å². The molecule has 0 radical (unpaired) electrons. The van der Waals surface area contributed by atoms with Gasteiger partial charge in [-0.3, -0.25) is 14.4 Å². The average molecular weight is 429 g/mol. The monoisotopic (exact) mass is 428 g/mol. The SMILES string of the molecule is CC(C)(C)OC(=O)N[C@H](CCCCN)C(=O)N1CCC[C@H](C(=O)NCCC(=O)O)C1. The molecule has 0 saturated carbocycles. The van der Waals surface area contributed by atoms with Gasteiger partial charge in [0.05, 0.1) is 12.3 Å². The van der Waals surface area contributed by atoms with Crippen LogP contribution in [0.3, 0.4) is 0 Å². The first-order valence-corrected chi connectivity index (χ1v) is 10.5. The zero-order valence-electron chi connectivity index (χ0n) is 18.2. The first-order chi connectivity index (χ1) is 14.0. The molecule has 0 aromatic rings. The lowest BCUT2D eigenvalue weighted by molar-refractivity contribution is -0.137. The molecule has 10 heteroatoms. The number of hydrogen-bond donors (Lipinski definition) is 4. The number of carbonyl (C=O) groups excluding carboxylic acids is 3. The van der Waals surface area contributed by atoms with Gasteiger partial charge >= 0.3 is 12.1 Å². The second-order valence-corrected chi connectivity index (χ2v) is 8.54. The van der Waals surface area contributed by atoms with Crippen LogP contribution in [0.4, 0.5) is 4.79 Å². The number of hydrogen-bond acceptors (Lipinski definition) is 6. The Morgan fingerprint density at radius 3 is 2.53 bits per heavy atom. The molecule has 0 aromatic carbocycles. The molecule has 0 bridgehead atoms. The Morgan fingerprint density at radius 2 is 1.93 bits per heavy atom. The first-order valence-electron chi connectivity index (χ1n) is 10.5. The molecule has 10 nitrogen and oxygen atoms in total. The fourth-order valence-electron chi connectivity index (χ4n) is 3.25. The largest absolute Gasteiger partial charge is 0.481 e. The Kier molecular flexibility index (Phi) is 10.6. The van der Waals surface area contributed by atoms with Gasteiger partial charge < -0.3 is 31.1 Å². The van der Waals surface area contributed by atoms with Crippen LogP contribution in [0.1, 0.15) is 59.3 Å². The van der Waals surface area contributed by atoms with Gasteiger partial charge in [0, 0.05) is 19.6 Å². The van der Waals surface area contributed by atoms with Crippen molar-refractivity contribution < 1.29 is 29.0 Å². The highest BCUT2D eigenvalue weighted by Crippen LogP contribution is 2.19. The van der Waals surface area contributed by atoms with Gasteiger partial charge in [0.25, 0.3) is 0 Å². The Hall–Kier alpha value is -2.36. The van der Waals surface area contributed by atoms with Gasteiger partial charge in [-0.2, -0.15) is 0 Å². The molecule has 1 aliphatic heterocycles. The number of rotatable bonds is 10. The molecule has 1 aliphatic rings. The van der Waals surface area contributed by atoms with Crippen molar-refractivity contribution in [3.05, 3.63) is 0 Å². The molecule has 0 aliphatic carbocycles. The number of amides is 3. The number of nitrogens with zero attached hydrogens (tertiary/aromatic N) is 1. The highest BCUT2D eigenvalue weighted by atomic mass is 16.6. The van der Waals surface area contributed by atoms with Gasteiger partial charge in [0.2, 0.25) is 11.8 Å². The zero-order valence-corrected chi connectivity index (χ0v) is 18.2. The number of carbonyl (C=O) groups is 4. The number of unbranched alkanes of at least 4 members (excludes halogenated alkanes) is 1. The summed E-state index contributed by atoms with van der Waals surface area (Å²) in [6.45, 7) is 6.53. The fourth-order valence-corrected chi connectivity index (χ4v) is 3.25. The third-order valence-electron chi connectivity index (χ3n) is 4.68. The number of alkyl carbamates (subject to hydrolysis) is 1. The molecule has 1 saturated heterocycles. The number of carboxylic acid groups (broad SMARTS) is 1. The van der Waals surface area contributed by atoms with E-state index < -0.39 is 29.6 Å². The molecule has 0 unspecified atom stereocenters. The molecule has 0 spiro atoms. The van der Waals surface area contributed by atoms with Crippen molar-refractivity contribution in [2.24, 2.45) is 11.7 Å². The van der Waals surface area contributed by atoms with Crippen molar-refractivity contribution in [2.75, 3.05) is 26.2 Å². The standard InChI is InChI=1S/C20H36N4O6/c1-20(2,3)30-19(29)23-15(8-4-5-10-21)18(28)24-12-6-7-14(13-24)17(27)22-11-9-16(25)26/h14-15H,4-13,21H2,1-3H3,(H,22,27)(H,23,29)(H,25,26)/t14-,15+/m0/s1. The topological polar surface area (TPSA) is 151 Å². The summed E-state index contributed by atoms with van der Waals surface area (Å²) in [6, 6.07) is -0.750. The van der Waals surface area contributed by atoms with Gasteiger partial charge in [0.1, 0.15) is 11.6 Å². The van der Waals surface area contributed by atoms with E-state index in [0.29, 0.717) is 38.8 Å². The zero-order chi connectivity index (χ0) is 22.7. The van der Waals surface area contributed by atoms with Crippen LogP contribution in [-0.4, -0.2) is 71.7 Å². The molecular weight excluding hydrogens is 392 g/mol. The fraction of sp³-hybridized carbons (Fsp3) is 0.800. The van der Waals surface area contributed by atoms with E-state index in [2.05, 4.69) is 10.6 Å². The lowest BCUT2D eigenvalue weighted by Gasteiger charge is -2.34. The Bertz CT molecular complexity index is 605. The van der Waals surface area contributed by atoms with Crippen molar-refractivity contribution in [3.8, 4) is 0 Å². The van der Waals surface area contributed by atoms with Crippen molar-refractivity contribution in [2.45, 2.75) is 70.9 Å². The summed E-state index contributed by atoms with van der Waals surface area (Å²) >= 11 is 0. The van der Waals surface area contributed by atoms with E-state index in [1.807, 2.05) is 0 Å². The lowest BCUT2D eigenvalue weighted by atomic mass is 9.96. The highest BCUT2D eigenvalue weighted by molar-refractivity contribution is 5.87. The Morgan fingerprint density at radius 1 is 1.23 bits per heavy atom. The number of aliphatic carboxylic acids is 1. The van der Waals surface area contributed by atoms with E-state index >= 15 is 0 Å². The van der Waals surface area contributed by atoms with Crippen LogP contribution in [0, 0.1) is 5.92 Å². The van der Waals surface area contributed by atoms with E-state index in [9.17, 15) is 19.2 Å². The van der Waals surface area contributed by atoms with E-state index in [1.54, 1.807) is 25.7 Å². The minimum Gasteiger partial charge on any atom is -0.481 e. The van der Waals surface area contributed by atoms with Crippen LogP contribution in [0.15, 0.2) is 0 Å². The molecule has 172 valence electrons. The quantitative estimate of drug-likeness (QED) is 0.376. The number of nitrogens with two attached hydrogens (primary N) is 1. The maximum Gasteiger partial charge on any atom is 0.408 e. The van der Waals surface area contributed by atoms with E-state index in [1.165, 1.54) is 0 Å². The minimum absolute atomic E-state index is 0.0561. The van der Waals surface area contributed by atoms with Crippen LogP contribution in [0.5, 0.6) is 0 Å². The first kappa shape index (κ1) is 25.7. The molecular formula is C20H36N4O6. The van der Waals surface area contributed by atoms with Gasteiger partial charge in [-0.15, -0.1) is 0 Å². The third-order valence-corrected chi connectivity index (χ3v) is 4.68. The van der Waals surface area contributed by atoms with E-state index in [-0.39, 0.29) is 31.3 Å². The van der Waals surface area contributed by atoms with Crippen molar-refractivity contribution >= 4 is 23.9 Å². The Balaban J connectivity index is 2.72. The molecule has 30 heavy (non-hydrogen) atoms. The number of carboxylic acids is 1. The smallest absolute Gasteiger partial charge is 0.408 e. The van der Waals surface area contributed by atoms with Crippen LogP contribution < -0.4 is 16.4 Å². The summed E-state index contributed by atoms with van der Waals surface area (Å²) in [4.78, 5) is 49.8. The molecule has 1 fully saturated rings. The summed E-state index contributed by atoms with van der Waals surface area (Å²) in [5.41, 5.74) is 4.86. The molecule has 3 amide bonds. The minimum atomic E-state index is -0.982. The van der Waals surface area contributed by atoms with Crippen LogP contribution in [0.25, 0.3) is 0 Å². The normalized spacial score (nSPS) is 17.7. The maximum atomic E-state index is 13.1. The third kappa shape index (κ3) is 9.91. The van der Waals surface area contributed by atoms with Crippen molar-refractivity contribution in [1.29, 1.82) is 0 Å². The van der Waals surface area contributed by atoms with Crippen LogP contribution in [-0.2, 0) is 19.1 Å². The number of ether oxygens (including phenoxy) is 1. The van der Waals surface area contributed by atoms with Crippen LogP contribution in [0.2, 0.25) is 0 Å². The summed E-state index contributed by atoms with van der Waals surface area (Å²) in [5, 5.41) is 14.0. The maximum absolute atomic E-state index is 13.1. The molecule has 0 aromatic heterocycles. The summed E-state index contributed by atoms with van der Waals surface area (Å²) in [7, 11) is 0. The van der Waals surface area contributed by atoms with Crippen LogP contribution >= 0.6 is 0 Å². The van der Waals surface area contributed by atoms with E-state index in [4.69, 9.17) is 15.6 Å². The number of piperidine rings is 1. The van der Waals surface area contributed by atoms with Gasteiger partial charge in [-0.1, -0.05) is 0 Å². The molecule has 5 N–H and O–H groups in total. The lowest BCUT2D eigenvalue weighted by Crippen LogP contribution is -2.53. The van der Waals surface area contributed by atoms with Gasteiger partial charge in [0.15, 0.2) is 0 Å². The summed E-state index contributed by atoms with van der Waals surface area (Å²) < 4.78 is 5.28. The molecule has 1 heterocycles. The molecule has 2 atom stereocenters. The molecule has 1 rings (SSSR count). The highest BCUT2D eigenvalue weighted by Gasteiger charge is 2.33. The second-order valence-electron chi connectivity index (χ2n) is 8.54. The Labute approximate surface area is 177 Å². The second kappa shape index (κ2) is 12.4. The van der Waals surface area contributed by atoms with E-state index in [0.717, 1.165) is 6.42 Å². The average Bonchev–Trinajstić information content (AvgIpc) is 2.65. The van der Waals surface area contributed by atoms with Crippen molar-refractivity contribution in [3.63, 3.8) is 0 Å².